The maximum atomic E-state index is 6.49. The Labute approximate surface area is 119 Å². The topological polar surface area (TPSA) is 26.0 Å². The Hall–Kier alpha value is 0.140. The molecule has 0 amide bonds. The molecule has 0 saturated heterocycles. The quantitative estimate of drug-likeness (QED) is 0.818. The van der Waals surface area contributed by atoms with E-state index >= 15 is 0 Å². The maximum Gasteiger partial charge on any atom is 0.0337 e. The molecule has 0 aromatic heterocycles. The summed E-state index contributed by atoms with van der Waals surface area (Å²) in [5, 5.41) is 0. The van der Waals surface area contributed by atoms with Gasteiger partial charge < -0.3 is 5.73 Å². The van der Waals surface area contributed by atoms with Crippen LogP contribution in [0.1, 0.15) is 37.3 Å². The molecular weight excluding hydrogens is 342 g/mol. The van der Waals surface area contributed by atoms with Crippen LogP contribution in [0, 0.1) is 17.8 Å². The van der Waals surface area contributed by atoms with E-state index in [0.29, 0.717) is 5.92 Å². The Morgan fingerprint density at radius 1 is 1.18 bits per heavy atom. The predicted octanol–water partition coefficient (Wildman–Crippen LogP) is 4.65. The molecule has 2 fully saturated rings. The Bertz CT molecular complexity index is 432. The maximum absolute atomic E-state index is 6.49. The Morgan fingerprint density at radius 2 is 2.00 bits per heavy atom. The number of nitrogens with two attached hydrogens (primary N) is 1. The van der Waals surface area contributed by atoms with Gasteiger partial charge in [0, 0.05) is 15.0 Å². The summed E-state index contributed by atoms with van der Waals surface area (Å²) in [5.74, 6) is 2.54. The summed E-state index contributed by atoms with van der Waals surface area (Å²) < 4.78 is 2.25. The lowest BCUT2D eigenvalue weighted by Crippen LogP contribution is -2.26. The van der Waals surface area contributed by atoms with Gasteiger partial charge in [0.1, 0.15) is 0 Å². The zero-order chi connectivity index (χ0) is 12.0. The van der Waals surface area contributed by atoms with Crippen molar-refractivity contribution in [1.82, 2.24) is 0 Å². The van der Waals surface area contributed by atoms with Crippen molar-refractivity contribution in [1.29, 1.82) is 0 Å². The molecule has 17 heavy (non-hydrogen) atoms. The Balaban J connectivity index is 1.84. The van der Waals surface area contributed by atoms with Crippen LogP contribution in [0.5, 0.6) is 0 Å². The lowest BCUT2D eigenvalue weighted by Gasteiger charge is -2.28. The van der Waals surface area contributed by atoms with Crippen molar-refractivity contribution in [3.63, 3.8) is 0 Å². The van der Waals surface area contributed by atoms with Gasteiger partial charge >= 0.3 is 0 Å². The molecule has 4 atom stereocenters. The lowest BCUT2D eigenvalue weighted by molar-refractivity contribution is 0.284. The Kier molecular flexibility index (Phi) is 3.35. The highest BCUT2D eigenvalue weighted by atomic mass is 79.9. The van der Waals surface area contributed by atoms with Crippen molar-refractivity contribution in [3.05, 3.63) is 32.7 Å². The Morgan fingerprint density at radius 3 is 2.59 bits per heavy atom. The normalized spacial score (nSPS) is 33.0. The number of benzene rings is 1. The minimum Gasteiger partial charge on any atom is -0.324 e. The van der Waals surface area contributed by atoms with Crippen molar-refractivity contribution in [2.45, 2.75) is 31.7 Å². The second-order valence-electron chi connectivity index (χ2n) is 5.53. The van der Waals surface area contributed by atoms with Crippen LogP contribution in [0.4, 0.5) is 0 Å². The molecule has 92 valence electrons. The molecule has 0 aliphatic heterocycles. The summed E-state index contributed by atoms with van der Waals surface area (Å²) in [6.07, 6.45) is 5.60. The summed E-state index contributed by atoms with van der Waals surface area (Å²) >= 11 is 7.13. The van der Waals surface area contributed by atoms with Gasteiger partial charge in [-0.15, -0.1) is 0 Å². The highest BCUT2D eigenvalue weighted by Crippen LogP contribution is 2.52. The van der Waals surface area contributed by atoms with Crippen LogP contribution in [-0.4, -0.2) is 0 Å². The van der Waals surface area contributed by atoms with Crippen LogP contribution in [0.25, 0.3) is 0 Å². The second-order valence-corrected chi connectivity index (χ2v) is 7.30. The first-order valence-electron chi connectivity index (χ1n) is 6.35. The van der Waals surface area contributed by atoms with Crippen molar-refractivity contribution in [3.8, 4) is 0 Å². The van der Waals surface area contributed by atoms with Gasteiger partial charge in [-0.25, -0.2) is 0 Å². The van der Waals surface area contributed by atoms with Gasteiger partial charge in [0.05, 0.1) is 0 Å². The summed E-state index contributed by atoms with van der Waals surface area (Å²) in [6, 6.07) is 6.55. The SMILES string of the molecule is NC(c1ccc(Br)cc1Br)C1CC2CCC1C2. The molecular formula is C14H17Br2N. The van der Waals surface area contributed by atoms with Crippen molar-refractivity contribution >= 4 is 31.9 Å². The molecule has 1 nitrogen and oxygen atoms in total. The fraction of sp³-hybridized carbons (Fsp3) is 0.571. The van der Waals surface area contributed by atoms with Crippen LogP contribution in [0.3, 0.4) is 0 Å². The van der Waals surface area contributed by atoms with Gasteiger partial charge in [0.15, 0.2) is 0 Å². The lowest BCUT2D eigenvalue weighted by atomic mass is 9.81. The number of halogens is 2. The van der Waals surface area contributed by atoms with Crippen LogP contribution >= 0.6 is 31.9 Å². The van der Waals surface area contributed by atoms with E-state index in [-0.39, 0.29) is 6.04 Å². The molecule has 1 aromatic carbocycles. The van der Waals surface area contributed by atoms with E-state index < -0.39 is 0 Å². The smallest absolute Gasteiger partial charge is 0.0337 e. The molecule has 3 heteroatoms. The third-order valence-corrected chi connectivity index (χ3v) is 5.76. The number of rotatable bonds is 2. The molecule has 2 aliphatic carbocycles. The van der Waals surface area contributed by atoms with Crippen molar-refractivity contribution < 1.29 is 0 Å². The highest BCUT2D eigenvalue weighted by molar-refractivity contribution is 9.11. The van der Waals surface area contributed by atoms with Gasteiger partial charge in [0.25, 0.3) is 0 Å². The van der Waals surface area contributed by atoms with E-state index in [1.54, 1.807) is 0 Å². The van der Waals surface area contributed by atoms with Gasteiger partial charge in [-0.1, -0.05) is 44.3 Å². The highest BCUT2D eigenvalue weighted by Gasteiger charge is 2.42. The fourth-order valence-electron chi connectivity index (χ4n) is 3.74. The number of fused-ring (bicyclic) bond motifs is 2. The van der Waals surface area contributed by atoms with Gasteiger partial charge in [0.2, 0.25) is 0 Å². The number of hydrogen-bond donors (Lipinski definition) is 1. The average Bonchev–Trinajstić information content (AvgIpc) is 2.89. The molecule has 1 aromatic rings. The average molecular weight is 359 g/mol. The van der Waals surface area contributed by atoms with E-state index in [2.05, 4.69) is 50.1 Å². The predicted molar refractivity (Wildman–Crippen MR) is 77.7 cm³/mol. The van der Waals surface area contributed by atoms with Gasteiger partial charge in [-0.05, 0) is 54.7 Å². The molecule has 0 spiro atoms. The largest absolute Gasteiger partial charge is 0.324 e. The molecule has 2 bridgehead atoms. The van der Waals surface area contributed by atoms with Crippen LogP contribution < -0.4 is 5.73 Å². The van der Waals surface area contributed by atoms with Crippen LogP contribution in [-0.2, 0) is 0 Å². The molecule has 2 saturated carbocycles. The summed E-state index contributed by atoms with van der Waals surface area (Å²) in [5.41, 5.74) is 7.76. The monoisotopic (exact) mass is 357 g/mol. The first-order chi connectivity index (χ1) is 8.15. The van der Waals surface area contributed by atoms with Crippen molar-refractivity contribution in [2.75, 3.05) is 0 Å². The first kappa shape index (κ1) is 12.2. The minimum absolute atomic E-state index is 0.202. The summed E-state index contributed by atoms with van der Waals surface area (Å²) in [7, 11) is 0. The standard InChI is InChI=1S/C14H17Br2N/c15-10-3-4-11(13(16)7-10)14(17)12-6-8-1-2-9(12)5-8/h3-4,7-9,12,14H,1-2,5-6,17H2. The second kappa shape index (κ2) is 4.67. The van der Waals surface area contributed by atoms with Crippen molar-refractivity contribution in [2.24, 2.45) is 23.5 Å². The van der Waals surface area contributed by atoms with Gasteiger partial charge in [-0.3, -0.25) is 0 Å². The van der Waals surface area contributed by atoms with E-state index in [1.165, 1.54) is 31.2 Å². The third-order valence-electron chi connectivity index (χ3n) is 4.58. The molecule has 4 unspecified atom stereocenters. The molecule has 2 N–H and O–H groups in total. The molecule has 0 heterocycles. The minimum atomic E-state index is 0.202. The van der Waals surface area contributed by atoms with E-state index in [0.717, 1.165) is 20.8 Å². The van der Waals surface area contributed by atoms with Crippen LogP contribution in [0.15, 0.2) is 27.1 Å². The van der Waals surface area contributed by atoms with E-state index in [4.69, 9.17) is 5.73 Å². The molecule has 3 rings (SSSR count). The molecule has 2 aliphatic rings. The summed E-state index contributed by atoms with van der Waals surface area (Å²) in [6.45, 7) is 0. The zero-order valence-electron chi connectivity index (χ0n) is 9.70. The van der Waals surface area contributed by atoms with Crippen LogP contribution in [0.2, 0.25) is 0 Å². The third kappa shape index (κ3) is 2.22. The zero-order valence-corrected chi connectivity index (χ0v) is 12.9. The number of hydrogen-bond acceptors (Lipinski definition) is 1. The van der Waals surface area contributed by atoms with E-state index in [1.807, 2.05) is 0 Å². The van der Waals surface area contributed by atoms with Gasteiger partial charge in [-0.2, -0.15) is 0 Å². The summed E-state index contributed by atoms with van der Waals surface area (Å²) in [4.78, 5) is 0. The fourth-order valence-corrected chi connectivity index (χ4v) is 5.05. The van der Waals surface area contributed by atoms with E-state index in [9.17, 15) is 0 Å². The molecule has 0 radical (unpaired) electrons. The first-order valence-corrected chi connectivity index (χ1v) is 7.94.